The molecular weight excluding hydrogens is 228 g/mol. The van der Waals surface area contributed by atoms with Gasteiger partial charge in [0.1, 0.15) is 0 Å². The van der Waals surface area contributed by atoms with Crippen molar-refractivity contribution in [1.29, 1.82) is 0 Å². The van der Waals surface area contributed by atoms with Crippen molar-refractivity contribution in [3.05, 3.63) is 0 Å². The summed E-state index contributed by atoms with van der Waals surface area (Å²) in [5, 5.41) is 0.881. The van der Waals surface area contributed by atoms with Crippen LogP contribution in [0.2, 0.25) is 0 Å². The van der Waals surface area contributed by atoms with Gasteiger partial charge in [0.05, 0.1) is 0 Å². The molecule has 100 valence electrons. The van der Waals surface area contributed by atoms with Crippen LogP contribution < -0.4 is 5.73 Å². The smallest absolute Gasteiger partial charge is 0.0357 e. The topological polar surface area (TPSA) is 29.3 Å². The van der Waals surface area contributed by atoms with Crippen LogP contribution >= 0.6 is 11.8 Å². The van der Waals surface area contributed by atoms with Crippen molar-refractivity contribution in [2.24, 2.45) is 11.7 Å². The Morgan fingerprint density at radius 3 is 2.65 bits per heavy atom. The van der Waals surface area contributed by atoms with Crippen molar-refractivity contribution in [2.75, 3.05) is 25.9 Å². The maximum absolute atomic E-state index is 6.16. The number of thioether (sulfide) groups is 1. The van der Waals surface area contributed by atoms with E-state index in [-0.39, 0.29) is 0 Å². The number of hydrogen-bond donors (Lipinski definition) is 1. The number of rotatable bonds is 3. The highest BCUT2D eigenvalue weighted by Crippen LogP contribution is 2.41. The Labute approximate surface area is 111 Å². The van der Waals surface area contributed by atoms with Gasteiger partial charge >= 0.3 is 0 Å². The van der Waals surface area contributed by atoms with Crippen LogP contribution in [0.25, 0.3) is 0 Å². The van der Waals surface area contributed by atoms with E-state index in [2.05, 4.69) is 29.8 Å². The zero-order valence-electron chi connectivity index (χ0n) is 11.5. The van der Waals surface area contributed by atoms with Crippen molar-refractivity contribution >= 4 is 11.8 Å². The molecular formula is C14H28N2S. The lowest BCUT2D eigenvalue weighted by molar-refractivity contribution is 0.0674. The van der Waals surface area contributed by atoms with Gasteiger partial charge in [-0.25, -0.2) is 0 Å². The fourth-order valence-corrected chi connectivity index (χ4v) is 4.62. The minimum absolute atomic E-state index is 0.341. The Bertz CT molecular complexity index is 246. The SMILES string of the molecule is CSC1CCCN(C2(CN)CCCC2C)CC1. The molecule has 2 rings (SSSR count). The first-order valence-electron chi connectivity index (χ1n) is 7.21. The minimum atomic E-state index is 0.341. The normalized spacial score (nSPS) is 40.4. The second kappa shape index (κ2) is 5.94. The molecule has 0 spiro atoms. The Hall–Kier alpha value is 0.270. The molecule has 1 saturated carbocycles. The highest BCUT2D eigenvalue weighted by molar-refractivity contribution is 7.99. The van der Waals surface area contributed by atoms with E-state index in [4.69, 9.17) is 5.73 Å². The van der Waals surface area contributed by atoms with E-state index in [0.717, 1.165) is 17.7 Å². The summed E-state index contributed by atoms with van der Waals surface area (Å²) in [4.78, 5) is 2.75. The second-order valence-electron chi connectivity index (χ2n) is 5.88. The molecule has 17 heavy (non-hydrogen) atoms. The largest absolute Gasteiger partial charge is 0.329 e. The fourth-order valence-electron chi connectivity index (χ4n) is 3.88. The molecule has 2 aliphatic rings. The molecule has 0 radical (unpaired) electrons. The molecule has 0 aromatic carbocycles. The molecule has 1 aliphatic heterocycles. The number of nitrogens with zero attached hydrogens (tertiary/aromatic N) is 1. The third-order valence-corrected chi connectivity index (χ3v) is 6.29. The maximum atomic E-state index is 6.16. The maximum Gasteiger partial charge on any atom is 0.0357 e. The molecule has 0 amide bonds. The lowest BCUT2D eigenvalue weighted by Crippen LogP contribution is -2.56. The number of nitrogens with two attached hydrogens (primary N) is 1. The van der Waals surface area contributed by atoms with Crippen LogP contribution in [0.15, 0.2) is 0 Å². The highest BCUT2D eigenvalue weighted by Gasteiger charge is 2.44. The predicted octanol–water partition coefficient (Wildman–Crippen LogP) is 2.72. The summed E-state index contributed by atoms with van der Waals surface area (Å²) >= 11 is 2.05. The molecule has 2 nitrogen and oxygen atoms in total. The average Bonchev–Trinajstić information content (AvgIpc) is 2.59. The number of hydrogen-bond acceptors (Lipinski definition) is 3. The van der Waals surface area contributed by atoms with Gasteiger partial charge in [0.15, 0.2) is 0 Å². The van der Waals surface area contributed by atoms with E-state index >= 15 is 0 Å². The summed E-state index contributed by atoms with van der Waals surface area (Å²) in [6, 6.07) is 0. The van der Waals surface area contributed by atoms with Gasteiger partial charge < -0.3 is 5.73 Å². The molecule has 3 atom stereocenters. The van der Waals surface area contributed by atoms with Crippen LogP contribution in [0.4, 0.5) is 0 Å². The van der Waals surface area contributed by atoms with Gasteiger partial charge in [0, 0.05) is 17.3 Å². The third-order valence-electron chi connectivity index (χ3n) is 5.16. The fraction of sp³-hybridized carbons (Fsp3) is 1.00. The van der Waals surface area contributed by atoms with Gasteiger partial charge in [0.2, 0.25) is 0 Å². The summed E-state index contributed by atoms with van der Waals surface area (Å²) in [5.74, 6) is 0.790. The van der Waals surface area contributed by atoms with Gasteiger partial charge in [-0.05, 0) is 57.4 Å². The van der Waals surface area contributed by atoms with Gasteiger partial charge in [-0.1, -0.05) is 13.3 Å². The zero-order chi connectivity index (χ0) is 12.3. The van der Waals surface area contributed by atoms with Crippen LogP contribution in [0.5, 0.6) is 0 Å². The Balaban J connectivity index is 2.04. The van der Waals surface area contributed by atoms with Crippen LogP contribution in [0.3, 0.4) is 0 Å². The standard InChI is InChI=1S/C14H28N2S/c1-12-5-3-8-14(12,11-15)16-9-4-6-13(17-2)7-10-16/h12-13H,3-11,15H2,1-2H3. The van der Waals surface area contributed by atoms with Crippen molar-refractivity contribution in [1.82, 2.24) is 4.90 Å². The Morgan fingerprint density at radius 1 is 1.24 bits per heavy atom. The van der Waals surface area contributed by atoms with Gasteiger partial charge in [-0.15, -0.1) is 0 Å². The summed E-state index contributed by atoms with van der Waals surface area (Å²) in [7, 11) is 0. The van der Waals surface area contributed by atoms with E-state index in [1.54, 1.807) is 0 Å². The van der Waals surface area contributed by atoms with E-state index in [0.29, 0.717) is 5.54 Å². The van der Waals surface area contributed by atoms with Crippen LogP contribution in [-0.4, -0.2) is 41.6 Å². The Kier molecular flexibility index (Phi) is 4.79. The van der Waals surface area contributed by atoms with Crippen molar-refractivity contribution < 1.29 is 0 Å². The summed E-state index contributed by atoms with van der Waals surface area (Å²) < 4.78 is 0. The van der Waals surface area contributed by atoms with E-state index in [1.807, 2.05) is 0 Å². The molecule has 1 heterocycles. The molecule has 0 bridgehead atoms. The first-order valence-corrected chi connectivity index (χ1v) is 8.49. The van der Waals surface area contributed by atoms with E-state index < -0.39 is 0 Å². The number of likely N-dealkylation sites (tertiary alicyclic amines) is 1. The molecule has 0 aromatic rings. The molecule has 3 unspecified atom stereocenters. The third kappa shape index (κ3) is 2.66. The van der Waals surface area contributed by atoms with Crippen LogP contribution in [0, 0.1) is 5.92 Å². The summed E-state index contributed by atoms with van der Waals surface area (Å²) in [5.41, 5.74) is 6.50. The molecule has 2 N–H and O–H groups in total. The molecule has 3 heteroatoms. The van der Waals surface area contributed by atoms with E-state index in [1.165, 1.54) is 51.6 Å². The van der Waals surface area contributed by atoms with Crippen LogP contribution in [-0.2, 0) is 0 Å². The first-order chi connectivity index (χ1) is 8.23. The van der Waals surface area contributed by atoms with Gasteiger partial charge in [-0.2, -0.15) is 11.8 Å². The predicted molar refractivity (Wildman–Crippen MR) is 77.5 cm³/mol. The lowest BCUT2D eigenvalue weighted by atomic mass is 9.86. The van der Waals surface area contributed by atoms with E-state index in [9.17, 15) is 0 Å². The lowest BCUT2D eigenvalue weighted by Gasteiger charge is -2.43. The van der Waals surface area contributed by atoms with Gasteiger partial charge in [-0.3, -0.25) is 4.90 Å². The zero-order valence-corrected chi connectivity index (χ0v) is 12.3. The minimum Gasteiger partial charge on any atom is -0.329 e. The van der Waals surface area contributed by atoms with Crippen molar-refractivity contribution in [2.45, 2.75) is 56.2 Å². The summed E-state index contributed by atoms with van der Waals surface area (Å²) in [6.07, 6.45) is 10.5. The molecule has 0 aromatic heterocycles. The molecule has 1 saturated heterocycles. The van der Waals surface area contributed by atoms with Crippen molar-refractivity contribution in [3.8, 4) is 0 Å². The monoisotopic (exact) mass is 256 g/mol. The average molecular weight is 256 g/mol. The summed E-state index contributed by atoms with van der Waals surface area (Å²) in [6.45, 7) is 5.82. The molecule has 1 aliphatic carbocycles. The second-order valence-corrected chi connectivity index (χ2v) is 7.01. The first kappa shape index (κ1) is 13.7. The van der Waals surface area contributed by atoms with Crippen molar-refractivity contribution in [3.63, 3.8) is 0 Å². The highest BCUT2D eigenvalue weighted by atomic mass is 32.2. The quantitative estimate of drug-likeness (QED) is 0.842. The molecule has 2 fully saturated rings. The van der Waals surface area contributed by atoms with Gasteiger partial charge in [0.25, 0.3) is 0 Å². The Morgan fingerprint density at radius 2 is 2.06 bits per heavy atom. The van der Waals surface area contributed by atoms with Crippen LogP contribution in [0.1, 0.15) is 45.4 Å².